The van der Waals surface area contributed by atoms with E-state index in [2.05, 4.69) is 76.2 Å². The van der Waals surface area contributed by atoms with Crippen LogP contribution in [0.3, 0.4) is 0 Å². The lowest BCUT2D eigenvalue weighted by Gasteiger charge is -2.28. The first-order chi connectivity index (χ1) is 17.4. The van der Waals surface area contributed by atoms with Crippen molar-refractivity contribution in [3.8, 4) is 5.88 Å². The molecule has 0 bridgehead atoms. The number of alkyl halides is 3. The summed E-state index contributed by atoms with van der Waals surface area (Å²) in [4.78, 5) is 22.4. The Bertz CT molecular complexity index is 1320. The van der Waals surface area contributed by atoms with Crippen LogP contribution >= 0.6 is 11.3 Å². The van der Waals surface area contributed by atoms with Gasteiger partial charge in [-0.1, -0.05) is 45.0 Å². The van der Waals surface area contributed by atoms with Crippen LogP contribution in [0, 0.1) is 5.41 Å². The molecule has 1 saturated carbocycles. The lowest BCUT2D eigenvalue weighted by atomic mass is 9.79. The topological polar surface area (TPSA) is 88.1 Å². The molecule has 1 fully saturated rings. The van der Waals surface area contributed by atoms with Gasteiger partial charge in [0.1, 0.15) is 5.01 Å². The Morgan fingerprint density at radius 3 is 2.49 bits per heavy atom. The number of para-hydroxylation sites is 1. The van der Waals surface area contributed by atoms with Crippen molar-refractivity contribution < 1.29 is 27.8 Å². The van der Waals surface area contributed by atoms with E-state index in [-0.39, 0.29) is 22.9 Å². The number of fused-ring (bicyclic) bond motifs is 1. The van der Waals surface area contributed by atoms with E-state index >= 15 is 0 Å². The van der Waals surface area contributed by atoms with Crippen LogP contribution in [-0.2, 0) is 0 Å². The first kappa shape index (κ1) is 26.7. The van der Waals surface area contributed by atoms with Crippen LogP contribution in [0.2, 0.25) is 0 Å². The summed E-state index contributed by atoms with van der Waals surface area (Å²) in [6.07, 6.45) is -0.865. The smallest absolute Gasteiger partial charge is 0.422 e. The number of rotatable bonds is 6. The van der Waals surface area contributed by atoms with Crippen molar-refractivity contribution >= 4 is 28.2 Å². The van der Waals surface area contributed by atoms with E-state index in [1.54, 1.807) is 11.3 Å². The number of carboxylic acids is 1. The van der Waals surface area contributed by atoms with Crippen molar-refractivity contribution in [2.45, 2.75) is 51.6 Å². The summed E-state index contributed by atoms with van der Waals surface area (Å²) < 4.78 is 40.8. The number of aromatic carboxylic acids is 1. The molecule has 0 radical (unpaired) electrons. The van der Waals surface area contributed by atoms with Gasteiger partial charge in [-0.15, -0.1) is 11.3 Å². The number of carboxylic acid groups (broad SMARTS) is 1. The number of aromatic amines is 1. The molecular weight excluding hydrogens is 503 g/mol. The monoisotopic (exact) mass is 531 g/mol. The van der Waals surface area contributed by atoms with Crippen LogP contribution < -0.4 is 4.74 Å². The van der Waals surface area contributed by atoms with Crippen LogP contribution in [0.25, 0.3) is 10.9 Å². The van der Waals surface area contributed by atoms with Gasteiger partial charge in [0.2, 0.25) is 5.88 Å². The molecule has 0 saturated heterocycles. The van der Waals surface area contributed by atoms with Gasteiger partial charge in [-0.3, -0.25) is 0 Å². The molecule has 10 heteroatoms. The first-order valence-electron chi connectivity index (χ1n) is 11.8. The number of H-pyrrole nitrogens is 1. The molecular formula is C27H28F3N3O3S. The number of pyridine rings is 1. The Morgan fingerprint density at radius 1 is 1.19 bits per heavy atom. The molecule has 4 aromatic rings. The second-order valence-corrected chi connectivity index (χ2v) is 11.0. The van der Waals surface area contributed by atoms with Crippen LogP contribution in [-0.4, -0.2) is 38.8 Å². The molecule has 0 spiro atoms. The van der Waals surface area contributed by atoms with Gasteiger partial charge in [0.05, 0.1) is 5.92 Å². The third-order valence-corrected chi connectivity index (χ3v) is 6.77. The molecule has 3 heterocycles. The van der Waals surface area contributed by atoms with Gasteiger partial charge in [0.15, 0.2) is 12.3 Å². The SMILES string of the molecule is CC(C)(C)C(c1cc2ccccc2[nH]1)c1nccs1.O=C(O)c1ccc(C2CC2)c(OCC(F)(F)F)n1. The zero-order chi connectivity index (χ0) is 26.8. The number of nitrogens with zero attached hydrogens (tertiary/aromatic N) is 2. The standard InChI is InChI=1S/C16H18N2S.C11H10F3NO3/c1-16(2,3)14(15-17-8-9-19-15)13-10-11-6-4-5-7-12(11)18-13;12-11(13,14)5-18-9-7(6-1-2-6)3-4-8(15-9)10(16)17/h4-10,14,18H,1-3H3;3-4,6H,1-2,5H2,(H,16,17). The third-order valence-electron chi connectivity index (χ3n) is 5.92. The summed E-state index contributed by atoms with van der Waals surface area (Å²) in [6, 6.07) is 13.4. The second-order valence-electron chi connectivity index (χ2n) is 10.1. The van der Waals surface area contributed by atoms with Crippen LogP contribution in [0.15, 0.2) is 54.0 Å². The molecule has 1 aliphatic rings. The average Bonchev–Trinajstić information content (AvgIpc) is 3.36. The minimum Gasteiger partial charge on any atom is -0.477 e. The van der Waals surface area contributed by atoms with Crippen LogP contribution in [0.4, 0.5) is 13.2 Å². The number of hydrogen-bond donors (Lipinski definition) is 2. The largest absolute Gasteiger partial charge is 0.477 e. The Morgan fingerprint density at radius 2 is 1.92 bits per heavy atom. The Labute approximate surface area is 216 Å². The van der Waals surface area contributed by atoms with Gasteiger partial charge in [0.25, 0.3) is 0 Å². The van der Waals surface area contributed by atoms with Gasteiger partial charge in [0, 0.05) is 28.4 Å². The van der Waals surface area contributed by atoms with Crippen LogP contribution in [0.5, 0.6) is 5.88 Å². The summed E-state index contributed by atoms with van der Waals surface area (Å²) >= 11 is 1.73. The number of halogens is 3. The van der Waals surface area contributed by atoms with Crippen molar-refractivity contribution in [3.63, 3.8) is 0 Å². The number of carbonyl (C=O) groups is 1. The zero-order valence-electron chi connectivity index (χ0n) is 20.7. The first-order valence-corrected chi connectivity index (χ1v) is 12.7. The lowest BCUT2D eigenvalue weighted by molar-refractivity contribution is -0.154. The molecule has 196 valence electrons. The molecule has 6 nitrogen and oxygen atoms in total. The molecule has 0 aliphatic heterocycles. The molecule has 1 aliphatic carbocycles. The fraction of sp³-hybridized carbons (Fsp3) is 0.370. The Kier molecular flexibility index (Phi) is 7.59. The minimum atomic E-state index is -4.47. The molecule has 3 aromatic heterocycles. The molecule has 1 unspecified atom stereocenters. The highest BCUT2D eigenvalue weighted by atomic mass is 32.1. The average molecular weight is 532 g/mol. The van der Waals surface area contributed by atoms with E-state index in [4.69, 9.17) is 5.11 Å². The number of nitrogens with one attached hydrogen (secondary N) is 1. The summed E-state index contributed by atoms with van der Waals surface area (Å²) in [5.74, 6) is -1.09. The highest BCUT2D eigenvalue weighted by Crippen LogP contribution is 2.44. The maximum absolute atomic E-state index is 12.1. The second kappa shape index (κ2) is 10.5. The van der Waals surface area contributed by atoms with Crippen molar-refractivity contribution in [3.05, 3.63) is 76.0 Å². The van der Waals surface area contributed by atoms with Gasteiger partial charge >= 0.3 is 12.1 Å². The van der Waals surface area contributed by atoms with E-state index in [0.29, 0.717) is 11.5 Å². The van der Waals surface area contributed by atoms with E-state index in [9.17, 15) is 18.0 Å². The molecule has 1 aromatic carbocycles. The fourth-order valence-electron chi connectivity index (χ4n) is 4.14. The molecule has 37 heavy (non-hydrogen) atoms. The predicted molar refractivity (Wildman–Crippen MR) is 136 cm³/mol. The maximum Gasteiger partial charge on any atom is 0.422 e. The number of thiazole rings is 1. The number of hydrogen-bond acceptors (Lipinski definition) is 5. The van der Waals surface area contributed by atoms with Crippen molar-refractivity contribution in [2.75, 3.05) is 6.61 Å². The van der Waals surface area contributed by atoms with Gasteiger partial charge in [-0.2, -0.15) is 13.2 Å². The zero-order valence-corrected chi connectivity index (χ0v) is 21.5. The van der Waals surface area contributed by atoms with Crippen molar-refractivity contribution in [2.24, 2.45) is 5.41 Å². The number of aromatic nitrogens is 3. The van der Waals surface area contributed by atoms with E-state index < -0.39 is 18.8 Å². The van der Waals surface area contributed by atoms with Gasteiger partial charge in [-0.05, 0) is 47.8 Å². The van der Waals surface area contributed by atoms with E-state index in [0.717, 1.165) is 12.8 Å². The number of benzene rings is 1. The fourth-order valence-corrected chi connectivity index (χ4v) is 5.14. The third kappa shape index (κ3) is 6.88. The highest BCUT2D eigenvalue weighted by molar-refractivity contribution is 7.09. The van der Waals surface area contributed by atoms with Gasteiger partial charge in [-0.25, -0.2) is 14.8 Å². The molecule has 1 atom stereocenters. The normalized spacial score (nSPS) is 14.6. The summed E-state index contributed by atoms with van der Waals surface area (Å²) in [6.45, 7) is 5.34. The lowest BCUT2D eigenvalue weighted by Crippen LogP contribution is -2.20. The van der Waals surface area contributed by atoms with Crippen LogP contribution in [0.1, 0.15) is 72.2 Å². The van der Waals surface area contributed by atoms with Gasteiger partial charge < -0.3 is 14.8 Å². The quantitative estimate of drug-likeness (QED) is 0.271. The maximum atomic E-state index is 12.1. The number of ether oxygens (including phenoxy) is 1. The molecule has 0 amide bonds. The van der Waals surface area contributed by atoms with E-state index in [1.807, 2.05) is 6.20 Å². The van der Waals surface area contributed by atoms with Crippen molar-refractivity contribution in [1.29, 1.82) is 0 Å². The molecule has 5 rings (SSSR count). The predicted octanol–water partition coefficient (Wildman–Crippen LogP) is 7.40. The summed E-state index contributed by atoms with van der Waals surface area (Å²) in [5, 5.41) is 13.2. The van der Waals surface area contributed by atoms with E-state index in [1.165, 1.54) is 33.7 Å². The highest BCUT2D eigenvalue weighted by Gasteiger charge is 2.33. The Balaban J connectivity index is 0.000000173. The Hall–Kier alpha value is -3.40. The molecule has 2 N–H and O–H groups in total. The summed E-state index contributed by atoms with van der Waals surface area (Å²) in [5.41, 5.74) is 2.81. The minimum absolute atomic E-state index is 0.128. The summed E-state index contributed by atoms with van der Waals surface area (Å²) in [7, 11) is 0. The van der Waals surface area contributed by atoms with Crippen molar-refractivity contribution in [1.82, 2.24) is 15.0 Å².